The average molecular weight is 387 g/mol. The lowest BCUT2D eigenvalue weighted by molar-refractivity contribution is 0.317. The van der Waals surface area contributed by atoms with Gasteiger partial charge in [-0.1, -0.05) is 65.2 Å². The number of ether oxygens (including phenoxy) is 1. The monoisotopic (exact) mass is 386 g/mol. The molecule has 0 aliphatic carbocycles. The summed E-state index contributed by atoms with van der Waals surface area (Å²) < 4.78 is 19.9. The van der Waals surface area contributed by atoms with Gasteiger partial charge < -0.3 is 4.74 Å². The van der Waals surface area contributed by atoms with Crippen LogP contribution in [0.25, 0.3) is 11.4 Å². The Morgan fingerprint density at radius 2 is 1.46 bits per heavy atom. The van der Waals surface area contributed by atoms with Gasteiger partial charge in [-0.2, -0.15) is 9.37 Å². The molecule has 0 amide bonds. The first-order valence-corrected chi connectivity index (χ1v) is 11.0. The highest BCUT2D eigenvalue weighted by atomic mass is 19.1. The van der Waals surface area contributed by atoms with Gasteiger partial charge in [-0.15, -0.1) is 0 Å². The van der Waals surface area contributed by atoms with E-state index in [1.54, 1.807) is 6.20 Å². The Balaban J connectivity index is 1.74. The van der Waals surface area contributed by atoms with Gasteiger partial charge >= 0.3 is 0 Å². The van der Waals surface area contributed by atoms with Crippen molar-refractivity contribution < 1.29 is 9.13 Å². The second-order valence-corrected chi connectivity index (χ2v) is 7.46. The molecule has 0 saturated heterocycles. The van der Waals surface area contributed by atoms with Crippen molar-refractivity contribution in [3.05, 3.63) is 42.0 Å². The molecule has 4 heteroatoms. The summed E-state index contributed by atoms with van der Waals surface area (Å²) >= 11 is 0. The van der Waals surface area contributed by atoms with Gasteiger partial charge in [0.2, 0.25) is 5.95 Å². The Kier molecular flexibility index (Phi) is 10.6. The van der Waals surface area contributed by atoms with Crippen molar-refractivity contribution in [1.29, 1.82) is 0 Å². The first-order valence-electron chi connectivity index (χ1n) is 11.0. The van der Waals surface area contributed by atoms with E-state index in [1.165, 1.54) is 44.9 Å². The number of hydrogen-bond acceptors (Lipinski definition) is 3. The van der Waals surface area contributed by atoms with Crippen molar-refractivity contribution in [1.82, 2.24) is 9.97 Å². The van der Waals surface area contributed by atoms with Crippen LogP contribution in [0.1, 0.15) is 83.6 Å². The van der Waals surface area contributed by atoms with E-state index >= 15 is 0 Å². The zero-order valence-electron chi connectivity index (χ0n) is 17.6. The fourth-order valence-electron chi connectivity index (χ4n) is 3.24. The largest absolute Gasteiger partial charge is 0.494 e. The van der Waals surface area contributed by atoms with E-state index in [0.717, 1.165) is 30.6 Å². The van der Waals surface area contributed by atoms with Gasteiger partial charge in [-0.3, -0.25) is 0 Å². The third-order valence-electron chi connectivity index (χ3n) is 4.95. The Bertz CT molecular complexity index is 673. The second kappa shape index (κ2) is 13.2. The fraction of sp³-hybridized carbons (Fsp3) is 0.583. The predicted octanol–water partition coefficient (Wildman–Crippen LogP) is 7.14. The van der Waals surface area contributed by atoms with Crippen LogP contribution in [0, 0.1) is 5.95 Å². The van der Waals surface area contributed by atoms with E-state index in [4.69, 9.17) is 4.74 Å². The van der Waals surface area contributed by atoms with Gasteiger partial charge in [0, 0.05) is 17.3 Å². The second-order valence-electron chi connectivity index (χ2n) is 7.46. The Morgan fingerprint density at radius 1 is 0.821 bits per heavy atom. The van der Waals surface area contributed by atoms with Crippen LogP contribution in [0.3, 0.4) is 0 Å². The topological polar surface area (TPSA) is 35.0 Å². The van der Waals surface area contributed by atoms with Gasteiger partial charge in [0.25, 0.3) is 0 Å². The maximum atomic E-state index is 14.4. The predicted molar refractivity (Wildman–Crippen MR) is 114 cm³/mol. The smallest absolute Gasteiger partial charge is 0.219 e. The SMILES string of the molecule is CCCCCCCCCCCc1cnc(-c2ccc(OCCC)cc2)nc1F. The standard InChI is InChI=1S/C24H35FN2O/c1-3-5-6-7-8-9-10-11-12-13-21-19-26-24(27-23(21)25)20-14-16-22(17-15-20)28-18-4-2/h14-17,19H,3-13,18H2,1-2H3. The minimum atomic E-state index is -0.393. The van der Waals surface area contributed by atoms with E-state index in [2.05, 4.69) is 23.8 Å². The molecule has 1 aromatic heterocycles. The first kappa shape index (κ1) is 22.3. The van der Waals surface area contributed by atoms with Gasteiger partial charge in [0.05, 0.1) is 6.61 Å². The van der Waals surface area contributed by atoms with Crippen LogP contribution < -0.4 is 4.74 Å². The molecule has 1 aromatic carbocycles. The summed E-state index contributed by atoms with van der Waals surface area (Å²) in [6, 6.07) is 7.50. The zero-order valence-corrected chi connectivity index (χ0v) is 17.6. The normalized spacial score (nSPS) is 11.0. The van der Waals surface area contributed by atoms with Crippen molar-refractivity contribution in [2.45, 2.75) is 84.5 Å². The fourth-order valence-corrected chi connectivity index (χ4v) is 3.24. The van der Waals surface area contributed by atoms with Crippen molar-refractivity contribution in [2.75, 3.05) is 6.61 Å². The molecule has 0 aliphatic heterocycles. The molecule has 154 valence electrons. The Hall–Kier alpha value is -1.97. The zero-order chi connectivity index (χ0) is 20.0. The van der Waals surface area contributed by atoms with E-state index in [1.807, 2.05) is 24.3 Å². The molecule has 2 rings (SSSR count). The van der Waals surface area contributed by atoms with Crippen LogP contribution in [0.15, 0.2) is 30.5 Å². The molecule has 0 atom stereocenters. The van der Waals surface area contributed by atoms with E-state index in [9.17, 15) is 4.39 Å². The number of rotatable bonds is 14. The first-order chi connectivity index (χ1) is 13.7. The van der Waals surface area contributed by atoms with E-state index in [0.29, 0.717) is 24.4 Å². The Labute approximate surface area is 169 Å². The molecular weight excluding hydrogens is 351 g/mol. The maximum absolute atomic E-state index is 14.4. The quantitative estimate of drug-likeness (QED) is 0.255. The Morgan fingerprint density at radius 3 is 2.07 bits per heavy atom. The molecular formula is C24H35FN2O. The van der Waals surface area contributed by atoms with Crippen molar-refractivity contribution in [3.63, 3.8) is 0 Å². The lowest BCUT2D eigenvalue weighted by Gasteiger charge is -2.07. The van der Waals surface area contributed by atoms with Crippen LogP contribution in [-0.2, 0) is 6.42 Å². The molecule has 0 N–H and O–H groups in total. The molecule has 2 aromatic rings. The molecule has 1 heterocycles. The highest BCUT2D eigenvalue weighted by molar-refractivity contribution is 5.56. The molecule has 3 nitrogen and oxygen atoms in total. The van der Waals surface area contributed by atoms with Crippen LogP contribution in [0.4, 0.5) is 4.39 Å². The van der Waals surface area contributed by atoms with Crippen LogP contribution in [0.5, 0.6) is 5.75 Å². The maximum Gasteiger partial charge on any atom is 0.219 e. The highest BCUT2D eigenvalue weighted by Gasteiger charge is 2.09. The van der Waals surface area contributed by atoms with Crippen LogP contribution >= 0.6 is 0 Å². The molecule has 0 saturated carbocycles. The minimum absolute atomic E-state index is 0.393. The number of hydrogen-bond donors (Lipinski definition) is 0. The number of benzene rings is 1. The highest BCUT2D eigenvalue weighted by Crippen LogP contribution is 2.21. The van der Waals surface area contributed by atoms with Gasteiger partial charge in [0.1, 0.15) is 5.75 Å². The van der Waals surface area contributed by atoms with Gasteiger partial charge in [0.15, 0.2) is 5.82 Å². The van der Waals surface area contributed by atoms with Gasteiger partial charge in [-0.25, -0.2) is 4.98 Å². The van der Waals surface area contributed by atoms with Gasteiger partial charge in [-0.05, 0) is 43.5 Å². The van der Waals surface area contributed by atoms with Crippen molar-refractivity contribution >= 4 is 0 Å². The molecule has 0 fully saturated rings. The lowest BCUT2D eigenvalue weighted by atomic mass is 10.0. The minimum Gasteiger partial charge on any atom is -0.494 e. The third kappa shape index (κ3) is 7.95. The third-order valence-corrected chi connectivity index (χ3v) is 4.95. The average Bonchev–Trinajstić information content (AvgIpc) is 2.72. The number of aromatic nitrogens is 2. The summed E-state index contributed by atoms with van der Waals surface area (Å²) in [7, 11) is 0. The van der Waals surface area contributed by atoms with Crippen LogP contribution in [0.2, 0.25) is 0 Å². The summed E-state index contributed by atoms with van der Waals surface area (Å²) in [5.74, 6) is 0.847. The summed E-state index contributed by atoms with van der Waals surface area (Å²) in [6.45, 7) is 5.01. The molecule has 0 unspecified atom stereocenters. The molecule has 0 spiro atoms. The summed E-state index contributed by atoms with van der Waals surface area (Å²) in [5, 5.41) is 0. The lowest BCUT2D eigenvalue weighted by Crippen LogP contribution is -2.00. The molecule has 0 bridgehead atoms. The summed E-state index contributed by atoms with van der Waals surface area (Å²) in [5.41, 5.74) is 1.42. The number of nitrogens with zero attached hydrogens (tertiary/aromatic N) is 2. The van der Waals surface area contributed by atoms with E-state index < -0.39 is 5.95 Å². The number of aryl methyl sites for hydroxylation is 1. The number of unbranched alkanes of at least 4 members (excludes halogenated alkanes) is 8. The molecule has 28 heavy (non-hydrogen) atoms. The van der Waals surface area contributed by atoms with Crippen molar-refractivity contribution in [3.8, 4) is 17.1 Å². The summed E-state index contributed by atoms with van der Waals surface area (Å²) in [4.78, 5) is 8.44. The van der Waals surface area contributed by atoms with Crippen molar-refractivity contribution in [2.24, 2.45) is 0 Å². The summed E-state index contributed by atoms with van der Waals surface area (Å²) in [6.07, 6.45) is 14.7. The molecule has 0 aliphatic rings. The molecule has 0 radical (unpaired) electrons. The van der Waals surface area contributed by atoms with E-state index in [-0.39, 0.29) is 0 Å². The van der Waals surface area contributed by atoms with Crippen LogP contribution in [-0.4, -0.2) is 16.6 Å². The number of halogens is 1.